The molecule has 0 saturated heterocycles. The number of carbonyl (C=O) groups is 1. The van der Waals surface area contributed by atoms with E-state index in [2.05, 4.69) is 11.9 Å². The summed E-state index contributed by atoms with van der Waals surface area (Å²) in [5, 5.41) is 2.77. The van der Waals surface area contributed by atoms with E-state index in [1.807, 2.05) is 0 Å². The first kappa shape index (κ1) is 21.3. The molecule has 22 heavy (non-hydrogen) atoms. The number of hydrogen-bond donors (Lipinski definition) is 1. The highest BCUT2D eigenvalue weighted by Crippen LogP contribution is 2.40. The number of phosphoric acid groups is 1. The Labute approximate surface area is 133 Å². The zero-order valence-electron chi connectivity index (χ0n) is 14.1. The SMILES string of the molecule is C=C(C)C(=O)NCCCCCCCOP(=O)([O-])O[N+](C)(C)C. The first-order valence-corrected chi connectivity index (χ1v) is 8.92. The maximum atomic E-state index is 11.5. The zero-order chi connectivity index (χ0) is 17.2. The van der Waals surface area contributed by atoms with Crippen molar-refractivity contribution in [2.75, 3.05) is 34.3 Å². The minimum atomic E-state index is -4.23. The number of phosphoric ester groups is 1. The normalized spacial score (nSPS) is 14.4. The zero-order valence-corrected chi connectivity index (χ0v) is 15.0. The fourth-order valence-corrected chi connectivity index (χ4v) is 2.61. The lowest BCUT2D eigenvalue weighted by Crippen LogP contribution is -2.35. The first-order chi connectivity index (χ1) is 10.0. The van der Waals surface area contributed by atoms with Crippen LogP contribution in [-0.4, -0.2) is 44.8 Å². The maximum Gasteiger partial charge on any atom is 0.325 e. The largest absolute Gasteiger partial charge is 0.752 e. The summed E-state index contributed by atoms with van der Waals surface area (Å²) in [7, 11) is 0.559. The Morgan fingerprint density at radius 2 is 1.73 bits per heavy atom. The van der Waals surface area contributed by atoms with Crippen molar-refractivity contribution in [3.05, 3.63) is 12.2 Å². The molecule has 8 heteroatoms. The van der Waals surface area contributed by atoms with Gasteiger partial charge in [-0.25, -0.2) is 0 Å². The van der Waals surface area contributed by atoms with E-state index in [1.54, 1.807) is 28.1 Å². The van der Waals surface area contributed by atoms with Crippen LogP contribution in [0.15, 0.2) is 12.2 Å². The molecule has 0 aromatic heterocycles. The molecule has 0 aliphatic rings. The number of hydroxylamine groups is 3. The van der Waals surface area contributed by atoms with Crippen LogP contribution in [0.3, 0.4) is 0 Å². The second-order valence-corrected chi connectivity index (χ2v) is 7.37. The average molecular weight is 336 g/mol. The Balaban J connectivity index is 3.53. The van der Waals surface area contributed by atoms with Crippen molar-refractivity contribution in [1.29, 1.82) is 0 Å². The number of nitrogens with zero attached hydrogens (tertiary/aromatic N) is 1. The van der Waals surface area contributed by atoms with Gasteiger partial charge in [-0.05, 0) is 19.8 Å². The summed E-state index contributed by atoms with van der Waals surface area (Å²) in [4.78, 5) is 22.7. The number of unbranched alkanes of at least 4 members (excludes halogenated alkanes) is 4. The van der Waals surface area contributed by atoms with Crippen LogP contribution in [0, 0.1) is 0 Å². The van der Waals surface area contributed by atoms with Crippen LogP contribution in [0.25, 0.3) is 0 Å². The molecule has 0 radical (unpaired) electrons. The van der Waals surface area contributed by atoms with E-state index >= 15 is 0 Å². The van der Waals surface area contributed by atoms with Crippen LogP contribution in [0.5, 0.6) is 0 Å². The van der Waals surface area contributed by atoms with E-state index in [0.29, 0.717) is 18.5 Å². The molecule has 0 heterocycles. The van der Waals surface area contributed by atoms with Crippen LogP contribution in [0.1, 0.15) is 39.0 Å². The van der Waals surface area contributed by atoms with Gasteiger partial charge in [0.15, 0.2) is 0 Å². The van der Waals surface area contributed by atoms with Crippen molar-refractivity contribution in [2.45, 2.75) is 39.0 Å². The minimum absolute atomic E-state index is 0.114. The topological polar surface area (TPSA) is 87.7 Å². The van der Waals surface area contributed by atoms with E-state index in [-0.39, 0.29) is 17.2 Å². The molecule has 0 rings (SSSR count). The molecule has 0 aliphatic heterocycles. The highest BCUT2D eigenvalue weighted by atomic mass is 31.2. The van der Waals surface area contributed by atoms with Gasteiger partial charge in [-0.3, -0.25) is 9.36 Å². The number of rotatable bonds is 12. The second kappa shape index (κ2) is 10.1. The van der Waals surface area contributed by atoms with Crippen LogP contribution < -0.4 is 10.2 Å². The summed E-state index contributed by atoms with van der Waals surface area (Å²) in [6.07, 6.45) is 4.36. The third-order valence-electron chi connectivity index (χ3n) is 2.59. The summed E-state index contributed by atoms with van der Waals surface area (Å²) in [6, 6.07) is 0. The van der Waals surface area contributed by atoms with Crippen molar-refractivity contribution in [2.24, 2.45) is 0 Å². The highest BCUT2D eigenvalue weighted by Gasteiger charge is 2.20. The van der Waals surface area contributed by atoms with Gasteiger partial charge >= 0.3 is 7.82 Å². The fraction of sp³-hybridized carbons (Fsp3) is 0.786. The monoisotopic (exact) mass is 336 g/mol. The van der Waals surface area contributed by atoms with Gasteiger partial charge in [0.05, 0.1) is 27.7 Å². The molecular formula is C14H29N2O5P. The average Bonchev–Trinajstić information content (AvgIpc) is 2.33. The molecular weight excluding hydrogens is 307 g/mol. The molecule has 0 aromatic carbocycles. The predicted octanol–water partition coefficient (Wildman–Crippen LogP) is 1.75. The van der Waals surface area contributed by atoms with Crippen molar-refractivity contribution in [3.8, 4) is 0 Å². The first-order valence-electron chi connectivity index (χ1n) is 7.45. The molecule has 1 N–H and O–H groups in total. The summed E-state index contributed by atoms with van der Waals surface area (Å²) in [6.45, 7) is 6.00. The number of carbonyl (C=O) groups excluding carboxylic acids is 1. The van der Waals surface area contributed by atoms with E-state index < -0.39 is 7.82 Å². The third kappa shape index (κ3) is 13.0. The fourth-order valence-electron chi connectivity index (χ4n) is 1.61. The maximum absolute atomic E-state index is 11.5. The number of nitrogens with one attached hydrogen (secondary N) is 1. The minimum Gasteiger partial charge on any atom is -0.752 e. The van der Waals surface area contributed by atoms with Gasteiger partial charge in [-0.1, -0.05) is 25.8 Å². The van der Waals surface area contributed by atoms with Gasteiger partial charge in [0.25, 0.3) is 0 Å². The molecule has 7 nitrogen and oxygen atoms in total. The lowest BCUT2D eigenvalue weighted by molar-refractivity contribution is -1.04. The predicted molar refractivity (Wildman–Crippen MR) is 83.6 cm³/mol. The Hall–Kier alpha value is -0.720. The molecule has 0 aromatic rings. The molecule has 1 amide bonds. The van der Waals surface area contributed by atoms with Gasteiger partial charge in [0, 0.05) is 12.1 Å². The molecule has 1 unspecified atom stereocenters. The number of quaternary nitrogens is 1. The van der Waals surface area contributed by atoms with E-state index in [9.17, 15) is 14.3 Å². The quantitative estimate of drug-likeness (QED) is 0.193. The molecule has 0 bridgehead atoms. The van der Waals surface area contributed by atoms with Gasteiger partial charge in [0.2, 0.25) is 5.91 Å². The van der Waals surface area contributed by atoms with Gasteiger partial charge in [-0.2, -0.15) is 4.65 Å². The Morgan fingerprint density at radius 3 is 2.27 bits per heavy atom. The van der Waals surface area contributed by atoms with E-state index in [1.165, 1.54) is 0 Å². The lowest BCUT2D eigenvalue weighted by atomic mass is 10.1. The molecule has 130 valence electrons. The van der Waals surface area contributed by atoms with Crippen molar-refractivity contribution in [3.63, 3.8) is 0 Å². The lowest BCUT2D eigenvalue weighted by Gasteiger charge is -2.29. The van der Waals surface area contributed by atoms with Gasteiger partial charge in [0.1, 0.15) is 0 Å². The van der Waals surface area contributed by atoms with Gasteiger partial charge < -0.3 is 14.7 Å². The van der Waals surface area contributed by atoms with Crippen molar-refractivity contribution in [1.82, 2.24) is 5.32 Å². The molecule has 0 spiro atoms. The van der Waals surface area contributed by atoms with E-state index in [4.69, 9.17) is 9.15 Å². The Kier molecular flexibility index (Phi) is 9.80. The smallest absolute Gasteiger partial charge is 0.325 e. The standard InChI is InChI=1S/C14H29N2O5P/c1-13(2)14(17)15-11-9-7-6-8-10-12-20-22(18,19)21-16(3,4)5/h1,6-12H2,2-5H3,(H-,15,17,18,19). The summed E-state index contributed by atoms with van der Waals surface area (Å²) in [5.74, 6) is -0.114. The van der Waals surface area contributed by atoms with Gasteiger partial charge in [-0.15, -0.1) is 4.62 Å². The van der Waals surface area contributed by atoms with Crippen LogP contribution >= 0.6 is 7.82 Å². The van der Waals surface area contributed by atoms with E-state index in [0.717, 1.165) is 25.7 Å². The summed E-state index contributed by atoms with van der Waals surface area (Å²) in [5.41, 5.74) is 0.510. The summed E-state index contributed by atoms with van der Waals surface area (Å²) < 4.78 is 20.9. The third-order valence-corrected chi connectivity index (χ3v) is 3.78. The summed E-state index contributed by atoms with van der Waals surface area (Å²) >= 11 is 0. The number of amides is 1. The van der Waals surface area contributed by atoms with Crippen LogP contribution in [0.4, 0.5) is 0 Å². The molecule has 1 atom stereocenters. The highest BCUT2D eigenvalue weighted by molar-refractivity contribution is 7.45. The van der Waals surface area contributed by atoms with Crippen molar-refractivity contribution >= 4 is 13.7 Å². The second-order valence-electron chi connectivity index (χ2n) is 6.06. The Bertz CT molecular complexity index is 407. The molecule has 0 fully saturated rings. The molecule has 0 saturated carbocycles. The Morgan fingerprint density at radius 1 is 1.18 bits per heavy atom. The van der Waals surface area contributed by atoms with Crippen LogP contribution in [0.2, 0.25) is 0 Å². The number of hydrogen-bond acceptors (Lipinski definition) is 5. The molecule has 0 aliphatic carbocycles. The van der Waals surface area contributed by atoms with Crippen molar-refractivity contribution < 1.29 is 28.0 Å². The van der Waals surface area contributed by atoms with Crippen LogP contribution in [-0.2, 0) is 18.5 Å².